The maximum Gasteiger partial charge on any atom is 0.303 e. The van der Waals surface area contributed by atoms with Crippen LogP contribution in [0.5, 0.6) is 0 Å². The second-order valence-corrected chi connectivity index (χ2v) is 7.07. The lowest BCUT2D eigenvalue weighted by atomic mass is 10.1. The molecule has 0 fully saturated rings. The van der Waals surface area contributed by atoms with E-state index in [1.165, 1.54) is 24.3 Å². The minimum atomic E-state index is -0.968. The molecule has 1 amide bonds. The van der Waals surface area contributed by atoms with Crippen molar-refractivity contribution < 1.29 is 19.5 Å². The molecule has 1 aromatic rings. The van der Waals surface area contributed by atoms with Gasteiger partial charge in [0, 0.05) is 13.0 Å². The van der Waals surface area contributed by atoms with Crippen LogP contribution < -0.4 is 0 Å². The lowest BCUT2D eigenvalue weighted by Crippen LogP contribution is -2.32. The molecule has 1 rings (SSSR count). The van der Waals surface area contributed by atoms with Crippen LogP contribution >= 0.6 is 0 Å². The van der Waals surface area contributed by atoms with E-state index in [4.69, 9.17) is 9.94 Å². The lowest BCUT2D eigenvalue weighted by molar-refractivity contribution is -0.192. The Labute approximate surface area is 163 Å². The molecule has 0 atom stereocenters. The first-order valence-corrected chi connectivity index (χ1v) is 9.82. The summed E-state index contributed by atoms with van der Waals surface area (Å²) in [4.78, 5) is 30.9. The van der Waals surface area contributed by atoms with Gasteiger partial charge in [-0.25, -0.2) is 5.06 Å². The smallest absolute Gasteiger partial charge is 0.303 e. The maximum absolute atomic E-state index is 12.3. The fourth-order valence-corrected chi connectivity index (χ4v) is 2.72. The Kier molecular flexibility index (Phi) is 12.1. The highest BCUT2D eigenvalue weighted by atomic mass is 16.7. The SMILES string of the molecule is CN(C)CCCCCCCCN(OCc1ccccc1)C(=O)CCC(=O)O. The number of amides is 1. The van der Waals surface area contributed by atoms with Crippen molar-refractivity contribution >= 4 is 11.9 Å². The molecule has 0 aliphatic heterocycles. The Morgan fingerprint density at radius 1 is 0.889 bits per heavy atom. The zero-order valence-electron chi connectivity index (χ0n) is 16.7. The summed E-state index contributed by atoms with van der Waals surface area (Å²) < 4.78 is 0. The van der Waals surface area contributed by atoms with Gasteiger partial charge in [-0.15, -0.1) is 0 Å². The predicted molar refractivity (Wildman–Crippen MR) is 106 cm³/mol. The molecular weight excluding hydrogens is 344 g/mol. The molecule has 0 unspecified atom stereocenters. The van der Waals surface area contributed by atoms with Crippen LogP contribution in [-0.2, 0) is 21.0 Å². The normalized spacial score (nSPS) is 10.9. The quantitative estimate of drug-likeness (QED) is 0.372. The summed E-state index contributed by atoms with van der Waals surface area (Å²) in [6.45, 7) is 1.94. The number of aliphatic carboxylic acids is 1. The van der Waals surface area contributed by atoms with Crippen molar-refractivity contribution in [3.05, 3.63) is 35.9 Å². The number of hydrogen-bond donors (Lipinski definition) is 1. The third-order valence-corrected chi connectivity index (χ3v) is 4.28. The van der Waals surface area contributed by atoms with Gasteiger partial charge in [0.1, 0.15) is 6.61 Å². The first-order valence-electron chi connectivity index (χ1n) is 9.82. The second-order valence-electron chi connectivity index (χ2n) is 7.07. The van der Waals surface area contributed by atoms with Gasteiger partial charge in [0.2, 0.25) is 5.91 Å². The summed E-state index contributed by atoms with van der Waals surface area (Å²) in [5.74, 6) is -1.23. The number of carbonyl (C=O) groups excluding carboxylic acids is 1. The molecule has 0 saturated carbocycles. The average Bonchev–Trinajstić information content (AvgIpc) is 2.64. The minimum absolute atomic E-state index is 0.0331. The molecule has 152 valence electrons. The Hall–Kier alpha value is -1.92. The Balaban J connectivity index is 2.32. The van der Waals surface area contributed by atoms with Crippen molar-refractivity contribution in [2.24, 2.45) is 0 Å². The zero-order chi connectivity index (χ0) is 19.9. The molecule has 0 bridgehead atoms. The molecule has 6 nitrogen and oxygen atoms in total. The highest BCUT2D eigenvalue weighted by Gasteiger charge is 2.15. The molecule has 6 heteroatoms. The van der Waals surface area contributed by atoms with Gasteiger partial charge in [-0.05, 0) is 39.0 Å². The monoisotopic (exact) mass is 378 g/mol. The summed E-state index contributed by atoms with van der Waals surface area (Å²) in [6.07, 6.45) is 6.48. The first kappa shape index (κ1) is 23.1. The van der Waals surface area contributed by atoms with E-state index in [0.29, 0.717) is 13.2 Å². The van der Waals surface area contributed by atoms with E-state index >= 15 is 0 Å². The van der Waals surface area contributed by atoms with E-state index < -0.39 is 5.97 Å². The molecular formula is C21H34N2O4. The highest BCUT2D eigenvalue weighted by Crippen LogP contribution is 2.10. The fourth-order valence-electron chi connectivity index (χ4n) is 2.72. The Morgan fingerprint density at radius 2 is 1.48 bits per heavy atom. The molecule has 0 heterocycles. The van der Waals surface area contributed by atoms with Crippen LogP contribution in [0.2, 0.25) is 0 Å². The van der Waals surface area contributed by atoms with Crippen LogP contribution in [0.15, 0.2) is 30.3 Å². The molecule has 1 aromatic carbocycles. The van der Waals surface area contributed by atoms with Gasteiger partial charge in [-0.3, -0.25) is 14.4 Å². The van der Waals surface area contributed by atoms with Crippen molar-refractivity contribution in [3.8, 4) is 0 Å². The first-order chi connectivity index (χ1) is 13.0. The van der Waals surface area contributed by atoms with Crippen LogP contribution in [0.1, 0.15) is 56.9 Å². The van der Waals surface area contributed by atoms with Gasteiger partial charge in [0.25, 0.3) is 0 Å². The molecule has 0 saturated heterocycles. The summed E-state index contributed by atoms with van der Waals surface area (Å²) in [5, 5.41) is 10.1. The van der Waals surface area contributed by atoms with Gasteiger partial charge in [0.15, 0.2) is 0 Å². The van der Waals surface area contributed by atoms with Crippen LogP contribution in [0.3, 0.4) is 0 Å². The molecule has 0 radical (unpaired) electrons. The topological polar surface area (TPSA) is 70.1 Å². The van der Waals surface area contributed by atoms with E-state index in [9.17, 15) is 9.59 Å². The number of hydrogen-bond acceptors (Lipinski definition) is 4. The number of unbranched alkanes of at least 4 members (excludes halogenated alkanes) is 5. The fraction of sp³-hybridized carbons (Fsp3) is 0.619. The standard InChI is InChI=1S/C21H34N2O4/c1-22(2)16-10-5-3-4-6-11-17-23(20(24)14-15-21(25)26)27-18-19-12-8-7-9-13-19/h7-9,12-13H,3-6,10-11,14-18H2,1-2H3,(H,25,26). The van der Waals surface area contributed by atoms with E-state index in [0.717, 1.165) is 31.4 Å². The molecule has 0 aliphatic rings. The van der Waals surface area contributed by atoms with Crippen molar-refractivity contribution in [3.63, 3.8) is 0 Å². The second kappa shape index (κ2) is 14.2. The molecule has 27 heavy (non-hydrogen) atoms. The van der Waals surface area contributed by atoms with Gasteiger partial charge < -0.3 is 10.0 Å². The number of hydroxylamine groups is 2. The predicted octanol–water partition coefficient (Wildman–Crippen LogP) is 3.71. The van der Waals surface area contributed by atoms with Crippen molar-refractivity contribution in [1.82, 2.24) is 9.96 Å². The van der Waals surface area contributed by atoms with E-state index in [2.05, 4.69) is 19.0 Å². The largest absolute Gasteiger partial charge is 0.481 e. The van der Waals surface area contributed by atoms with Crippen LogP contribution in [0, 0.1) is 0 Å². The summed E-state index contributed by atoms with van der Waals surface area (Å²) in [5.41, 5.74) is 0.981. The van der Waals surface area contributed by atoms with E-state index in [-0.39, 0.29) is 18.7 Å². The number of carboxylic acids is 1. The maximum atomic E-state index is 12.3. The zero-order valence-corrected chi connectivity index (χ0v) is 16.7. The third-order valence-electron chi connectivity index (χ3n) is 4.28. The lowest BCUT2D eigenvalue weighted by Gasteiger charge is -2.22. The Morgan fingerprint density at radius 3 is 2.07 bits per heavy atom. The van der Waals surface area contributed by atoms with Crippen LogP contribution in [0.4, 0.5) is 0 Å². The Bertz CT molecular complexity index is 534. The third kappa shape index (κ3) is 12.2. The van der Waals surface area contributed by atoms with Crippen LogP contribution in [-0.4, -0.2) is 54.1 Å². The average molecular weight is 379 g/mol. The van der Waals surface area contributed by atoms with E-state index in [1.54, 1.807) is 0 Å². The van der Waals surface area contributed by atoms with Gasteiger partial charge in [-0.2, -0.15) is 0 Å². The molecule has 0 aromatic heterocycles. The van der Waals surface area contributed by atoms with Crippen molar-refractivity contribution in [2.75, 3.05) is 27.2 Å². The van der Waals surface area contributed by atoms with Crippen molar-refractivity contribution in [1.29, 1.82) is 0 Å². The van der Waals surface area contributed by atoms with Gasteiger partial charge >= 0.3 is 5.97 Å². The summed E-state index contributed by atoms with van der Waals surface area (Å²) in [7, 11) is 4.18. The molecule has 0 aliphatic carbocycles. The number of benzene rings is 1. The van der Waals surface area contributed by atoms with Crippen molar-refractivity contribution in [2.45, 2.75) is 58.0 Å². The molecule has 0 spiro atoms. The number of rotatable bonds is 15. The summed E-state index contributed by atoms with van der Waals surface area (Å²) >= 11 is 0. The number of carbonyl (C=O) groups is 2. The van der Waals surface area contributed by atoms with Gasteiger partial charge in [-0.1, -0.05) is 56.0 Å². The minimum Gasteiger partial charge on any atom is -0.481 e. The summed E-state index contributed by atoms with van der Waals surface area (Å²) in [6, 6.07) is 9.65. The number of nitrogens with zero attached hydrogens (tertiary/aromatic N) is 2. The van der Waals surface area contributed by atoms with E-state index in [1.807, 2.05) is 30.3 Å². The van der Waals surface area contributed by atoms with Crippen LogP contribution in [0.25, 0.3) is 0 Å². The number of carboxylic acid groups (broad SMARTS) is 1. The highest BCUT2D eigenvalue weighted by molar-refractivity contribution is 5.79. The molecule has 1 N–H and O–H groups in total. The van der Waals surface area contributed by atoms with Gasteiger partial charge in [0.05, 0.1) is 6.42 Å².